The Labute approximate surface area is 126 Å². The van der Waals surface area contributed by atoms with Gasteiger partial charge in [-0.05, 0) is 51.0 Å². The van der Waals surface area contributed by atoms with Crippen molar-refractivity contribution in [2.24, 2.45) is 5.73 Å². The van der Waals surface area contributed by atoms with E-state index in [0.717, 1.165) is 12.2 Å². The highest BCUT2D eigenvalue weighted by Gasteiger charge is 2.22. The molecule has 0 aliphatic heterocycles. The minimum atomic E-state index is -3.68. The quantitative estimate of drug-likeness (QED) is 0.705. The summed E-state index contributed by atoms with van der Waals surface area (Å²) in [5.74, 6) is -0.541. The number of primary amides is 1. The summed E-state index contributed by atoms with van der Waals surface area (Å²) in [6.45, 7) is 7.85. The monoisotopic (exact) mass is 313 g/mol. The lowest BCUT2D eigenvalue weighted by molar-refractivity contribution is -0.118. The van der Waals surface area contributed by atoms with Crippen LogP contribution in [0.5, 0.6) is 0 Å². The van der Waals surface area contributed by atoms with Crippen molar-refractivity contribution in [3.05, 3.63) is 23.3 Å². The van der Waals surface area contributed by atoms with Gasteiger partial charge in [-0.1, -0.05) is 0 Å². The predicted octanol–water partition coefficient (Wildman–Crippen LogP) is 1.28. The van der Waals surface area contributed by atoms with Crippen LogP contribution in [0.15, 0.2) is 17.0 Å². The zero-order valence-electron chi connectivity index (χ0n) is 12.9. The molecule has 1 aromatic rings. The molecule has 118 valence electrons. The molecule has 1 aromatic carbocycles. The van der Waals surface area contributed by atoms with E-state index >= 15 is 0 Å². The van der Waals surface area contributed by atoms with Crippen molar-refractivity contribution in [1.29, 1.82) is 0 Å². The minimum absolute atomic E-state index is 0.0349. The molecule has 0 fully saturated rings. The molecule has 0 aromatic heterocycles. The van der Waals surface area contributed by atoms with Gasteiger partial charge >= 0.3 is 0 Å². The molecule has 6 nitrogen and oxygen atoms in total. The minimum Gasteiger partial charge on any atom is -0.385 e. The van der Waals surface area contributed by atoms with Crippen molar-refractivity contribution in [2.75, 3.05) is 11.9 Å². The molecule has 0 saturated carbocycles. The Morgan fingerprint density at radius 1 is 1.29 bits per heavy atom. The van der Waals surface area contributed by atoms with Crippen LogP contribution in [0.3, 0.4) is 0 Å². The average molecular weight is 313 g/mol. The number of amides is 1. The van der Waals surface area contributed by atoms with E-state index in [2.05, 4.69) is 10.0 Å². The molecule has 7 heteroatoms. The summed E-state index contributed by atoms with van der Waals surface area (Å²) in [5.41, 5.74) is 7.28. The summed E-state index contributed by atoms with van der Waals surface area (Å²) in [6, 6.07) is 3.05. The topological polar surface area (TPSA) is 101 Å². The molecule has 0 saturated heterocycles. The number of aryl methyl sites for hydroxylation is 2. The molecule has 4 N–H and O–H groups in total. The maximum atomic E-state index is 12.5. The number of hydrogen-bond acceptors (Lipinski definition) is 4. The van der Waals surface area contributed by atoms with Crippen molar-refractivity contribution in [1.82, 2.24) is 4.72 Å². The standard InChI is InChI=1S/C14H23N3O3S/c1-5-16-12-6-9(2)14(10(3)7-12)21(19,20)17-11(4)8-13(15)18/h6-7,11,16-17H,5,8H2,1-4H3,(H2,15,18). The highest BCUT2D eigenvalue weighted by atomic mass is 32.2. The third-order valence-corrected chi connectivity index (χ3v) is 4.87. The molecule has 1 atom stereocenters. The lowest BCUT2D eigenvalue weighted by atomic mass is 10.1. The summed E-state index contributed by atoms with van der Waals surface area (Å²) < 4.78 is 27.4. The number of hydrogen-bond donors (Lipinski definition) is 3. The summed E-state index contributed by atoms with van der Waals surface area (Å²) in [7, 11) is -3.68. The van der Waals surface area contributed by atoms with Gasteiger partial charge in [-0.15, -0.1) is 0 Å². The molecule has 1 rings (SSSR count). The van der Waals surface area contributed by atoms with Crippen LogP contribution in [0.1, 0.15) is 31.4 Å². The second kappa shape index (κ2) is 6.91. The summed E-state index contributed by atoms with van der Waals surface area (Å²) in [5, 5.41) is 3.16. The van der Waals surface area contributed by atoms with Gasteiger partial charge in [0, 0.05) is 24.7 Å². The lowest BCUT2D eigenvalue weighted by Crippen LogP contribution is -2.36. The maximum Gasteiger partial charge on any atom is 0.241 e. The molecule has 1 unspecified atom stereocenters. The van der Waals surface area contributed by atoms with E-state index < -0.39 is 22.0 Å². The second-order valence-electron chi connectivity index (χ2n) is 5.16. The molecule has 0 bridgehead atoms. The molecular weight excluding hydrogens is 290 g/mol. The van der Waals surface area contributed by atoms with Crippen molar-refractivity contribution >= 4 is 21.6 Å². The van der Waals surface area contributed by atoms with E-state index in [1.165, 1.54) is 0 Å². The Balaban J connectivity index is 3.11. The van der Waals surface area contributed by atoms with E-state index in [1.54, 1.807) is 32.9 Å². The SMILES string of the molecule is CCNc1cc(C)c(S(=O)(=O)NC(C)CC(N)=O)c(C)c1. The van der Waals surface area contributed by atoms with Crippen LogP contribution in [-0.2, 0) is 14.8 Å². The van der Waals surface area contributed by atoms with Crippen molar-refractivity contribution in [3.8, 4) is 0 Å². The Morgan fingerprint density at radius 2 is 1.81 bits per heavy atom. The molecule has 1 amide bonds. The summed E-state index contributed by atoms with van der Waals surface area (Å²) in [6.07, 6.45) is -0.0349. The van der Waals surface area contributed by atoms with E-state index in [4.69, 9.17) is 5.73 Å². The van der Waals surface area contributed by atoms with Crippen LogP contribution >= 0.6 is 0 Å². The van der Waals surface area contributed by atoms with Crippen molar-refractivity contribution in [3.63, 3.8) is 0 Å². The first kappa shape index (κ1) is 17.5. The first-order chi connectivity index (χ1) is 9.67. The van der Waals surface area contributed by atoms with E-state index in [0.29, 0.717) is 11.1 Å². The van der Waals surface area contributed by atoms with Crippen LogP contribution in [0.2, 0.25) is 0 Å². The molecule has 0 spiro atoms. The maximum absolute atomic E-state index is 12.5. The molecule has 0 aliphatic rings. The zero-order chi connectivity index (χ0) is 16.2. The van der Waals surface area contributed by atoms with Crippen LogP contribution in [0, 0.1) is 13.8 Å². The fourth-order valence-electron chi connectivity index (χ4n) is 2.35. The highest BCUT2D eigenvalue weighted by Crippen LogP contribution is 2.24. The first-order valence-corrected chi connectivity index (χ1v) is 8.31. The van der Waals surface area contributed by atoms with E-state index in [1.807, 2.05) is 6.92 Å². The van der Waals surface area contributed by atoms with Gasteiger partial charge in [0.1, 0.15) is 0 Å². The van der Waals surface area contributed by atoms with Gasteiger partial charge < -0.3 is 11.1 Å². The van der Waals surface area contributed by atoms with Crippen molar-refractivity contribution in [2.45, 2.75) is 45.1 Å². The van der Waals surface area contributed by atoms with Gasteiger partial charge in [-0.2, -0.15) is 0 Å². The van der Waals surface area contributed by atoms with Crippen LogP contribution in [-0.4, -0.2) is 26.9 Å². The van der Waals surface area contributed by atoms with Gasteiger partial charge in [0.05, 0.1) is 4.90 Å². The number of nitrogens with two attached hydrogens (primary N) is 1. The predicted molar refractivity (Wildman–Crippen MR) is 83.7 cm³/mol. The average Bonchev–Trinajstić information content (AvgIpc) is 2.24. The Morgan fingerprint density at radius 3 is 2.24 bits per heavy atom. The van der Waals surface area contributed by atoms with E-state index in [9.17, 15) is 13.2 Å². The van der Waals surface area contributed by atoms with Crippen LogP contribution in [0.25, 0.3) is 0 Å². The fraction of sp³-hybridized carbons (Fsp3) is 0.500. The smallest absolute Gasteiger partial charge is 0.241 e. The largest absolute Gasteiger partial charge is 0.385 e. The molecule has 0 aliphatic carbocycles. The number of anilines is 1. The third-order valence-electron chi connectivity index (χ3n) is 2.97. The number of carbonyl (C=O) groups excluding carboxylic acids is 1. The van der Waals surface area contributed by atoms with Crippen LogP contribution < -0.4 is 15.8 Å². The fourth-order valence-corrected chi connectivity index (χ4v) is 4.04. The van der Waals surface area contributed by atoms with Gasteiger partial charge in [-0.3, -0.25) is 4.79 Å². The zero-order valence-corrected chi connectivity index (χ0v) is 13.7. The number of carbonyl (C=O) groups is 1. The number of nitrogens with one attached hydrogen (secondary N) is 2. The Kier molecular flexibility index (Phi) is 5.74. The number of rotatable bonds is 7. The number of benzene rings is 1. The van der Waals surface area contributed by atoms with E-state index in [-0.39, 0.29) is 11.3 Å². The van der Waals surface area contributed by atoms with Crippen LogP contribution in [0.4, 0.5) is 5.69 Å². The molecule has 0 radical (unpaired) electrons. The van der Waals surface area contributed by atoms with Gasteiger partial charge in [0.15, 0.2) is 0 Å². The first-order valence-electron chi connectivity index (χ1n) is 6.83. The second-order valence-corrected chi connectivity index (χ2v) is 6.81. The Hall–Kier alpha value is -1.60. The molecular formula is C14H23N3O3S. The molecule has 21 heavy (non-hydrogen) atoms. The normalized spacial score (nSPS) is 13.0. The molecule has 0 heterocycles. The summed E-state index contributed by atoms with van der Waals surface area (Å²) >= 11 is 0. The lowest BCUT2D eigenvalue weighted by Gasteiger charge is -2.17. The van der Waals surface area contributed by atoms with Gasteiger partial charge in [0.25, 0.3) is 0 Å². The summed E-state index contributed by atoms with van der Waals surface area (Å²) in [4.78, 5) is 11.1. The van der Waals surface area contributed by atoms with Gasteiger partial charge in [-0.25, -0.2) is 13.1 Å². The van der Waals surface area contributed by atoms with Crippen molar-refractivity contribution < 1.29 is 13.2 Å². The number of sulfonamides is 1. The Bertz CT molecular complexity index is 603. The highest BCUT2D eigenvalue weighted by molar-refractivity contribution is 7.89. The van der Waals surface area contributed by atoms with Gasteiger partial charge in [0.2, 0.25) is 15.9 Å². The third kappa shape index (κ3) is 4.71.